The lowest BCUT2D eigenvalue weighted by Gasteiger charge is -2.11. The Morgan fingerprint density at radius 2 is 1.87 bits per heavy atom. The first-order valence-corrected chi connectivity index (χ1v) is 4.85. The Kier molecular flexibility index (Phi) is 3.38. The molecular weight excluding hydrogens is 236 g/mol. The van der Waals surface area contributed by atoms with Gasteiger partial charge in [-0.3, -0.25) is 0 Å². The quantitative estimate of drug-likeness (QED) is 0.345. The van der Waals surface area contributed by atoms with Gasteiger partial charge in [0.05, 0.1) is 7.11 Å². The van der Waals surface area contributed by atoms with Crippen LogP contribution in [-0.2, 0) is 6.18 Å². The molecule has 0 aliphatic heterocycles. The Balaban J connectivity index is 3.38. The number of thioether (sulfide) groups is 1. The van der Waals surface area contributed by atoms with Gasteiger partial charge in [0, 0.05) is 0 Å². The Morgan fingerprint density at radius 3 is 2.27 bits per heavy atom. The van der Waals surface area contributed by atoms with E-state index < -0.39 is 23.6 Å². The van der Waals surface area contributed by atoms with E-state index in [0.717, 1.165) is 18.9 Å². The van der Waals surface area contributed by atoms with Crippen molar-refractivity contribution in [2.75, 3.05) is 13.4 Å². The minimum Gasteiger partial charge on any atom is -0.480 e. The first-order chi connectivity index (χ1) is 6.90. The van der Waals surface area contributed by atoms with Crippen molar-refractivity contribution in [2.24, 2.45) is 0 Å². The third kappa shape index (κ3) is 2.49. The lowest BCUT2D eigenvalue weighted by atomic mass is 10.3. The molecule has 3 nitrogen and oxygen atoms in total. The fourth-order valence-electron chi connectivity index (χ4n) is 0.873. The summed E-state index contributed by atoms with van der Waals surface area (Å²) in [5.74, 6) is -2.43. The number of rotatable bonds is 2. The standard InChI is InChI=1S/C7H6F4N2OS/c1-14-5-3(7(9,10)11)4(8)12-6(13-5)15-2/h1-2H3. The van der Waals surface area contributed by atoms with Gasteiger partial charge < -0.3 is 4.74 Å². The molecule has 0 bridgehead atoms. The monoisotopic (exact) mass is 242 g/mol. The van der Waals surface area contributed by atoms with E-state index in [1.54, 1.807) is 0 Å². The Labute approximate surface area is 86.9 Å². The van der Waals surface area contributed by atoms with Crippen LogP contribution in [0.2, 0.25) is 0 Å². The van der Waals surface area contributed by atoms with Crippen molar-refractivity contribution in [1.29, 1.82) is 0 Å². The Bertz CT molecular complexity index is 369. The van der Waals surface area contributed by atoms with E-state index >= 15 is 0 Å². The van der Waals surface area contributed by atoms with Crippen molar-refractivity contribution >= 4 is 11.8 Å². The molecule has 0 spiro atoms. The second-order valence-corrected chi connectivity index (χ2v) is 3.16. The summed E-state index contributed by atoms with van der Waals surface area (Å²) < 4.78 is 54.4. The van der Waals surface area contributed by atoms with Gasteiger partial charge in [-0.25, -0.2) is 0 Å². The third-order valence-corrected chi connectivity index (χ3v) is 2.02. The van der Waals surface area contributed by atoms with Crippen LogP contribution in [0.15, 0.2) is 5.16 Å². The zero-order valence-electron chi connectivity index (χ0n) is 7.72. The van der Waals surface area contributed by atoms with Gasteiger partial charge in [0.2, 0.25) is 11.8 Å². The molecule has 0 atom stereocenters. The van der Waals surface area contributed by atoms with E-state index in [0.29, 0.717) is 0 Å². The van der Waals surface area contributed by atoms with Gasteiger partial charge in [-0.1, -0.05) is 11.8 Å². The molecule has 1 heterocycles. The summed E-state index contributed by atoms with van der Waals surface area (Å²) in [5.41, 5.74) is -1.58. The van der Waals surface area contributed by atoms with Crippen molar-refractivity contribution in [2.45, 2.75) is 11.3 Å². The molecule has 84 valence electrons. The van der Waals surface area contributed by atoms with Crippen molar-refractivity contribution in [1.82, 2.24) is 9.97 Å². The molecule has 0 unspecified atom stereocenters. The molecule has 1 aromatic rings. The van der Waals surface area contributed by atoms with Gasteiger partial charge in [0.1, 0.15) is 0 Å². The number of hydrogen-bond acceptors (Lipinski definition) is 4. The minimum atomic E-state index is -4.87. The summed E-state index contributed by atoms with van der Waals surface area (Å²) in [6.45, 7) is 0. The zero-order valence-corrected chi connectivity index (χ0v) is 8.54. The zero-order chi connectivity index (χ0) is 11.6. The van der Waals surface area contributed by atoms with Gasteiger partial charge in [-0.15, -0.1) is 0 Å². The van der Waals surface area contributed by atoms with Crippen LogP contribution in [-0.4, -0.2) is 23.3 Å². The number of nitrogens with zero attached hydrogens (tertiary/aromatic N) is 2. The largest absolute Gasteiger partial charge is 0.480 e. The smallest absolute Gasteiger partial charge is 0.426 e. The molecule has 15 heavy (non-hydrogen) atoms. The van der Waals surface area contributed by atoms with Crippen LogP contribution in [0.3, 0.4) is 0 Å². The molecule has 0 amide bonds. The molecule has 0 aliphatic rings. The second kappa shape index (κ2) is 4.21. The van der Waals surface area contributed by atoms with Crippen LogP contribution in [0.5, 0.6) is 5.88 Å². The second-order valence-electron chi connectivity index (χ2n) is 2.38. The SMILES string of the molecule is COc1nc(SC)nc(F)c1C(F)(F)F. The molecule has 0 aliphatic carbocycles. The number of ether oxygens (including phenoxy) is 1. The highest BCUT2D eigenvalue weighted by Gasteiger charge is 2.40. The number of alkyl halides is 3. The predicted molar refractivity (Wildman–Crippen MR) is 45.3 cm³/mol. The van der Waals surface area contributed by atoms with Crippen LogP contribution in [0.4, 0.5) is 17.6 Å². The average molecular weight is 242 g/mol. The lowest BCUT2D eigenvalue weighted by molar-refractivity contribution is -0.142. The number of aromatic nitrogens is 2. The fourth-order valence-corrected chi connectivity index (χ4v) is 1.22. The predicted octanol–water partition coefficient (Wildman–Crippen LogP) is 2.37. The van der Waals surface area contributed by atoms with Crippen molar-refractivity contribution in [3.05, 3.63) is 11.5 Å². The summed E-state index contributed by atoms with van der Waals surface area (Å²) in [6.07, 6.45) is -3.35. The molecule has 1 rings (SSSR count). The average Bonchev–Trinajstić information content (AvgIpc) is 2.14. The molecule has 0 N–H and O–H groups in total. The third-order valence-electron chi connectivity index (χ3n) is 1.47. The van der Waals surface area contributed by atoms with E-state index in [4.69, 9.17) is 0 Å². The van der Waals surface area contributed by atoms with Crippen molar-refractivity contribution in [3.8, 4) is 5.88 Å². The maximum atomic E-state index is 13.0. The van der Waals surface area contributed by atoms with Crippen LogP contribution >= 0.6 is 11.8 Å². The van der Waals surface area contributed by atoms with Gasteiger partial charge >= 0.3 is 6.18 Å². The number of halogens is 4. The van der Waals surface area contributed by atoms with Gasteiger partial charge in [0.15, 0.2) is 10.7 Å². The molecule has 0 saturated heterocycles. The Morgan fingerprint density at radius 1 is 1.27 bits per heavy atom. The van der Waals surface area contributed by atoms with Gasteiger partial charge in [-0.2, -0.15) is 27.5 Å². The lowest BCUT2D eigenvalue weighted by Crippen LogP contribution is -2.14. The van der Waals surface area contributed by atoms with Gasteiger partial charge in [0.25, 0.3) is 0 Å². The number of hydrogen-bond donors (Lipinski definition) is 0. The maximum absolute atomic E-state index is 13.0. The van der Waals surface area contributed by atoms with E-state index in [1.165, 1.54) is 6.26 Å². The highest BCUT2D eigenvalue weighted by atomic mass is 32.2. The van der Waals surface area contributed by atoms with E-state index in [-0.39, 0.29) is 5.16 Å². The summed E-state index contributed by atoms with van der Waals surface area (Å²) in [7, 11) is 0.987. The van der Waals surface area contributed by atoms with E-state index in [2.05, 4.69) is 14.7 Å². The molecule has 0 saturated carbocycles. The van der Waals surface area contributed by atoms with Crippen LogP contribution in [0.25, 0.3) is 0 Å². The highest BCUT2D eigenvalue weighted by molar-refractivity contribution is 7.98. The van der Waals surface area contributed by atoms with Crippen LogP contribution in [0.1, 0.15) is 5.56 Å². The van der Waals surface area contributed by atoms with Gasteiger partial charge in [-0.05, 0) is 6.26 Å². The molecule has 1 aromatic heterocycles. The molecule has 0 fully saturated rings. The normalized spacial score (nSPS) is 11.6. The van der Waals surface area contributed by atoms with E-state index in [9.17, 15) is 17.6 Å². The molecule has 0 aromatic carbocycles. The van der Waals surface area contributed by atoms with Crippen molar-refractivity contribution < 1.29 is 22.3 Å². The molecule has 8 heteroatoms. The minimum absolute atomic E-state index is 0.114. The summed E-state index contributed by atoms with van der Waals surface area (Å²) in [5, 5.41) is -0.114. The van der Waals surface area contributed by atoms with Crippen LogP contribution in [0, 0.1) is 5.95 Å². The summed E-state index contributed by atoms with van der Waals surface area (Å²) in [6, 6.07) is 0. The molecule has 0 radical (unpaired) electrons. The first-order valence-electron chi connectivity index (χ1n) is 3.63. The first kappa shape index (κ1) is 12.0. The highest BCUT2D eigenvalue weighted by Crippen LogP contribution is 2.36. The fraction of sp³-hybridized carbons (Fsp3) is 0.429. The topological polar surface area (TPSA) is 35.0 Å². The molecular formula is C7H6F4N2OS. The van der Waals surface area contributed by atoms with Crippen molar-refractivity contribution in [3.63, 3.8) is 0 Å². The summed E-state index contributed by atoms with van der Waals surface area (Å²) >= 11 is 0.922. The summed E-state index contributed by atoms with van der Waals surface area (Å²) in [4.78, 5) is 6.46. The number of methoxy groups -OCH3 is 1. The van der Waals surface area contributed by atoms with Crippen LogP contribution < -0.4 is 4.74 Å². The maximum Gasteiger partial charge on any atom is 0.426 e. The Hall–Kier alpha value is -1.05. The van der Waals surface area contributed by atoms with E-state index in [1.807, 2.05) is 0 Å².